The third-order valence-corrected chi connectivity index (χ3v) is 4.84. The average Bonchev–Trinajstić information content (AvgIpc) is 3.04. The maximum Gasteiger partial charge on any atom is 0.266 e. The summed E-state index contributed by atoms with van der Waals surface area (Å²) in [6.07, 6.45) is 6.80. The zero-order valence-electron chi connectivity index (χ0n) is 13.6. The summed E-state index contributed by atoms with van der Waals surface area (Å²) >= 11 is 0. The highest BCUT2D eigenvalue weighted by Crippen LogP contribution is 2.22. The summed E-state index contributed by atoms with van der Waals surface area (Å²) in [5.41, 5.74) is 3.26. The molecule has 3 heterocycles. The zero-order valence-corrected chi connectivity index (χ0v) is 13.6. The van der Waals surface area contributed by atoms with Crippen LogP contribution in [0, 0.1) is 11.3 Å². The minimum atomic E-state index is -0.477. The molecule has 1 aliphatic carbocycles. The van der Waals surface area contributed by atoms with Gasteiger partial charge in [0.2, 0.25) is 0 Å². The second-order valence-electron chi connectivity index (χ2n) is 6.35. The van der Waals surface area contributed by atoms with E-state index in [1.54, 1.807) is 16.8 Å². The van der Waals surface area contributed by atoms with Crippen LogP contribution >= 0.6 is 0 Å². The molecule has 3 aromatic rings. The van der Waals surface area contributed by atoms with Gasteiger partial charge in [-0.25, -0.2) is 0 Å². The first-order valence-electron chi connectivity index (χ1n) is 8.39. The predicted octanol–water partition coefficient (Wildman–Crippen LogP) is 1.41. The van der Waals surface area contributed by atoms with Crippen molar-refractivity contribution in [1.82, 2.24) is 19.7 Å². The van der Waals surface area contributed by atoms with Crippen molar-refractivity contribution < 1.29 is 0 Å². The Morgan fingerprint density at radius 3 is 2.96 bits per heavy atom. The Morgan fingerprint density at radius 2 is 2.12 bits per heavy atom. The lowest BCUT2D eigenvalue weighted by molar-refractivity contribution is 0.648. The van der Waals surface area contributed by atoms with Crippen LogP contribution < -0.4 is 11.1 Å². The fourth-order valence-electron chi connectivity index (χ4n) is 3.48. The molecule has 0 aliphatic heterocycles. The van der Waals surface area contributed by atoms with Crippen molar-refractivity contribution in [3.05, 3.63) is 61.6 Å². The maximum atomic E-state index is 12.7. The Kier molecular flexibility index (Phi) is 3.73. The molecular weight excluding hydrogens is 318 g/mol. The van der Waals surface area contributed by atoms with E-state index in [2.05, 4.69) is 15.2 Å². The normalized spacial score (nSPS) is 13.6. The van der Waals surface area contributed by atoms with E-state index in [9.17, 15) is 9.59 Å². The van der Waals surface area contributed by atoms with Crippen LogP contribution in [0.15, 0.2) is 27.9 Å². The van der Waals surface area contributed by atoms with Gasteiger partial charge in [-0.1, -0.05) is 0 Å². The molecule has 0 radical (unpaired) electrons. The lowest BCUT2D eigenvalue weighted by Gasteiger charge is -2.11. The van der Waals surface area contributed by atoms with E-state index >= 15 is 0 Å². The lowest BCUT2D eigenvalue weighted by atomic mass is 9.95. The summed E-state index contributed by atoms with van der Waals surface area (Å²) in [5, 5.41) is 16.9. The number of H-pyrrole nitrogens is 2. The second-order valence-corrected chi connectivity index (χ2v) is 6.35. The number of fused-ring (bicyclic) bond motifs is 2. The molecule has 0 aromatic carbocycles. The predicted molar refractivity (Wildman–Crippen MR) is 92.5 cm³/mol. The van der Waals surface area contributed by atoms with Crippen LogP contribution in [-0.2, 0) is 25.8 Å². The fraction of sp³-hybridized carbons (Fsp3) is 0.333. The standard InChI is InChI=1S/C18H17N5O2/c19-10-11-9-13-14(20-17(11)24)5-7-23(18(13)25)8-6-16-12-3-1-2-4-15(12)21-22-16/h5,7,9H,1-4,6,8H2,(H,20,24)(H,21,22). The molecule has 4 rings (SSSR count). The van der Waals surface area contributed by atoms with E-state index in [0.717, 1.165) is 18.5 Å². The third kappa shape index (κ3) is 2.66. The van der Waals surface area contributed by atoms with Crippen molar-refractivity contribution >= 4 is 10.9 Å². The van der Waals surface area contributed by atoms with Crippen LogP contribution in [0.5, 0.6) is 0 Å². The summed E-state index contributed by atoms with van der Waals surface area (Å²) in [6.45, 7) is 0.507. The maximum absolute atomic E-state index is 12.7. The van der Waals surface area contributed by atoms with Gasteiger partial charge in [0.15, 0.2) is 0 Å². The molecule has 1 aliphatic rings. The molecular formula is C18H17N5O2. The highest BCUT2D eigenvalue weighted by molar-refractivity contribution is 5.78. The number of nitrogens with zero attached hydrogens (tertiary/aromatic N) is 3. The van der Waals surface area contributed by atoms with E-state index in [-0.39, 0.29) is 11.1 Å². The van der Waals surface area contributed by atoms with Crippen LogP contribution in [0.2, 0.25) is 0 Å². The minimum absolute atomic E-state index is 0.0521. The van der Waals surface area contributed by atoms with Gasteiger partial charge in [-0.15, -0.1) is 0 Å². The van der Waals surface area contributed by atoms with E-state index in [1.165, 1.54) is 30.2 Å². The zero-order chi connectivity index (χ0) is 17.4. The van der Waals surface area contributed by atoms with Crippen molar-refractivity contribution in [1.29, 1.82) is 5.26 Å². The van der Waals surface area contributed by atoms with E-state index in [4.69, 9.17) is 5.26 Å². The smallest absolute Gasteiger partial charge is 0.266 e. The van der Waals surface area contributed by atoms with Crippen molar-refractivity contribution in [3.8, 4) is 6.07 Å². The first-order chi connectivity index (χ1) is 12.2. The average molecular weight is 335 g/mol. The number of nitriles is 1. The highest BCUT2D eigenvalue weighted by atomic mass is 16.1. The Morgan fingerprint density at radius 1 is 1.28 bits per heavy atom. The minimum Gasteiger partial charge on any atom is -0.321 e. The van der Waals surface area contributed by atoms with Crippen LogP contribution in [0.1, 0.15) is 35.4 Å². The quantitative estimate of drug-likeness (QED) is 0.754. The van der Waals surface area contributed by atoms with E-state index < -0.39 is 5.56 Å². The largest absolute Gasteiger partial charge is 0.321 e. The van der Waals surface area contributed by atoms with Crippen LogP contribution in [0.3, 0.4) is 0 Å². The van der Waals surface area contributed by atoms with Gasteiger partial charge < -0.3 is 9.55 Å². The van der Waals surface area contributed by atoms with Gasteiger partial charge in [0.05, 0.1) is 16.6 Å². The van der Waals surface area contributed by atoms with Gasteiger partial charge in [0.1, 0.15) is 11.6 Å². The summed E-state index contributed by atoms with van der Waals surface area (Å²) in [5.74, 6) is 0. The Balaban J connectivity index is 1.66. The molecule has 0 bridgehead atoms. The van der Waals surface area contributed by atoms with Gasteiger partial charge >= 0.3 is 0 Å². The Bertz CT molecular complexity index is 1110. The number of hydrogen-bond donors (Lipinski definition) is 2. The third-order valence-electron chi connectivity index (χ3n) is 4.84. The summed E-state index contributed by atoms with van der Waals surface area (Å²) in [7, 11) is 0. The molecule has 0 fully saturated rings. The summed E-state index contributed by atoms with van der Waals surface area (Å²) in [6, 6.07) is 4.87. The van der Waals surface area contributed by atoms with Crippen LogP contribution in [-0.4, -0.2) is 19.7 Å². The SMILES string of the molecule is N#Cc1cc2c(=O)n(CCc3n[nH]c4c3CCCC4)ccc2[nH]c1=O. The monoisotopic (exact) mass is 335 g/mol. The molecule has 25 heavy (non-hydrogen) atoms. The molecule has 0 unspecified atom stereocenters. The molecule has 3 aromatic heterocycles. The number of aromatic nitrogens is 4. The number of aryl methyl sites for hydroxylation is 3. The molecule has 2 N–H and O–H groups in total. The van der Waals surface area contributed by atoms with E-state index in [0.29, 0.717) is 23.9 Å². The van der Waals surface area contributed by atoms with Gasteiger partial charge in [0, 0.05) is 24.9 Å². The number of aromatic amines is 2. The van der Waals surface area contributed by atoms with Crippen molar-refractivity contribution in [2.24, 2.45) is 0 Å². The number of rotatable bonds is 3. The molecule has 7 nitrogen and oxygen atoms in total. The van der Waals surface area contributed by atoms with Crippen molar-refractivity contribution in [3.63, 3.8) is 0 Å². The Labute approximate surface area is 142 Å². The molecule has 7 heteroatoms. The van der Waals surface area contributed by atoms with Gasteiger partial charge in [-0.2, -0.15) is 10.4 Å². The molecule has 0 saturated carbocycles. The highest BCUT2D eigenvalue weighted by Gasteiger charge is 2.16. The number of pyridine rings is 2. The molecule has 0 spiro atoms. The van der Waals surface area contributed by atoms with Crippen molar-refractivity contribution in [2.75, 3.05) is 0 Å². The second kappa shape index (κ2) is 6.06. The molecule has 0 saturated heterocycles. The van der Waals surface area contributed by atoms with Crippen molar-refractivity contribution in [2.45, 2.75) is 38.6 Å². The summed E-state index contributed by atoms with van der Waals surface area (Å²) < 4.78 is 1.60. The lowest BCUT2D eigenvalue weighted by Crippen LogP contribution is -2.23. The number of nitrogens with one attached hydrogen (secondary N) is 2. The first-order valence-corrected chi connectivity index (χ1v) is 8.39. The van der Waals surface area contributed by atoms with Crippen LogP contribution in [0.4, 0.5) is 0 Å². The molecule has 126 valence electrons. The number of hydrogen-bond acceptors (Lipinski definition) is 4. The molecule has 0 amide bonds. The van der Waals surface area contributed by atoms with E-state index in [1.807, 2.05) is 6.07 Å². The topological polar surface area (TPSA) is 107 Å². The summed E-state index contributed by atoms with van der Waals surface area (Å²) in [4.78, 5) is 26.9. The Hall–Kier alpha value is -3.14. The van der Waals surface area contributed by atoms with Gasteiger partial charge in [-0.05, 0) is 43.4 Å². The van der Waals surface area contributed by atoms with Crippen LogP contribution in [0.25, 0.3) is 10.9 Å². The molecule has 0 atom stereocenters. The van der Waals surface area contributed by atoms with Gasteiger partial charge in [-0.3, -0.25) is 14.7 Å². The fourth-order valence-corrected chi connectivity index (χ4v) is 3.48. The first kappa shape index (κ1) is 15.4. The van der Waals surface area contributed by atoms with Gasteiger partial charge in [0.25, 0.3) is 11.1 Å².